The van der Waals surface area contributed by atoms with Crippen LogP contribution in [0.2, 0.25) is 0 Å². The van der Waals surface area contributed by atoms with E-state index in [1.54, 1.807) is 11.4 Å². The smallest absolute Gasteiger partial charge is 0.212 e. The van der Waals surface area contributed by atoms with Gasteiger partial charge in [-0.1, -0.05) is 18.3 Å². The second-order valence-electron chi connectivity index (χ2n) is 2.92. The fourth-order valence-corrected chi connectivity index (χ4v) is 1.97. The molecule has 1 N–H and O–H groups in total. The molecule has 0 radical (unpaired) electrons. The third-order valence-corrected chi connectivity index (χ3v) is 2.97. The highest BCUT2D eigenvalue weighted by molar-refractivity contribution is 7.17. The van der Waals surface area contributed by atoms with Gasteiger partial charge in [0, 0.05) is 12.6 Å². The van der Waals surface area contributed by atoms with Gasteiger partial charge in [0.25, 0.3) is 0 Å². The van der Waals surface area contributed by atoms with Crippen molar-refractivity contribution in [2.45, 2.75) is 26.4 Å². The highest BCUT2D eigenvalue weighted by atomic mass is 32.1. The summed E-state index contributed by atoms with van der Waals surface area (Å²) >= 11 is 1.48. The summed E-state index contributed by atoms with van der Waals surface area (Å²) in [6.07, 6.45) is 2.24. The maximum atomic E-state index is 9.31. The van der Waals surface area contributed by atoms with Crippen LogP contribution in [0, 0.1) is 0 Å². The van der Waals surface area contributed by atoms with Crippen LogP contribution < -0.4 is 0 Å². The second kappa shape index (κ2) is 3.08. The van der Waals surface area contributed by atoms with E-state index >= 15 is 0 Å². The molecule has 2 aromatic heterocycles. The lowest BCUT2D eigenvalue weighted by atomic mass is 10.4. The van der Waals surface area contributed by atoms with E-state index in [-0.39, 0.29) is 0 Å². The highest BCUT2D eigenvalue weighted by Crippen LogP contribution is 2.22. The van der Waals surface area contributed by atoms with Crippen molar-refractivity contribution >= 4 is 16.3 Å². The van der Waals surface area contributed by atoms with Crippen LogP contribution in [0.25, 0.3) is 4.96 Å². The van der Waals surface area contributed by atoms with E-state index in [2.05, 4.69) is 10.1 Å². The first-order chi connectivity index (χ1) is 6.20. The van der Waals surface area contributed by atoms with Crippen LogP contribution in [0.4, 0.5) is 0 Å². The van der Waals surface area contributed by atoms with Gasteiger partial charge in [-0.15, -0.1) is 0 Å². The Kier molecular flexibility index (Phi) is 2.05. The molecule has 13 heavy (non-hydrogen) atoms. The lowest BCUT2D eigenvalue weighted by molar-refractivity contribution is 0.202. The lowest BCUT2D eigenvalue weighted by Crippen LogP contribution is -1.88. The molecule has 1 atom stereocenters. The van der Waals surface area contributed by atoms with Gasteiger partial charge in [-0.2, -0.15) is 5.10 Å². The van der Waals surface area contributed by atoms with Gasteiger partial charge in [-0.25, -0.2) is 9.50 Å². The predicted octanol–water partition coefficient (Wildman–Crippen LogP) is 1.41. The molecule has 0 fully saturated rings. The molecular weight excluding hydrogens is 186 g/mol. The molecule has 0 aliphatic carbocycles. The molecule has 5 heteroatoms. The number of hydrogen-bond acceptors (Lipinski definition) is 4. The zero-order valence-corrected chi connectivity index (χ0v) is 8.38. The first-order valence-corrected chi connectivity index (χ1v) is 5.05. The molecule has 2 aromatic rings. The molecule has 1 unspecified atom stereocenters. The minimum atomic E-state index is -0.432. The number of nitrogens with zero attached hydrogens (tertiary/aromatic N) is 3. The Bertz CT molecular complexity index is 386. The van der Waals surface area contributed by atoms with Gasteiger partial charge in [-0.3, -0.25) is 0 Å². The number of hydrogen-bond donors (Lipinski definition) is 1. The largest absolute Gasteiger partial charge is 0.388 e. The fraction of sp³-hybridized carbons (Fsp3) is 0.500. The van der Waals surface area contributed by atoms with E-state index < -0.39 is 6.10 Å². The molecule has 0 saturated carbocycles. The molecule has 4 nitrogen and oxygen atoms in total. The van der Waals surface area contributed by atoms with Crippen molar-refractivity contribution in [3.05, 3.63) is 16.9 Å². The predicted molar refractivity (Wildman–Crippen MR) is 50.9 cm³/mol. The van der Waals surface area contributed by atoms with Crippen molar-refractivity contribution in [1.29, 1.82) is 0 Å². The Labute approximate surface area is 79.9 Å². The van der Waals surface area contributed by atoms with Crippen molar-refractivity contribution < 1.29 is 5.11 Å². The standard InChI is InChI=1S/C8H11N3OS/c1-3-7-9-8-11(10-7)4-6(13-8)5(2)12/h4-5,12H,3H2,1-2H3. The molecule has 2 rings (SSSR count). The molecule has 0 amide bonds. The lowest BCUT2D eigenvalue weighted by Gasteiger charge is -1.95. The summed E-state index contributed by atoms with van der Waals surface area (Å²) in [7, 11) is 0. The summed E-state index contributed by atoms with van der Waals surface area (Å²) in [5.41, 5.74) is 0. The summed E-state index contributed by atoms with van der Waals surface area (Å²) in [6, 6.07) is 0. The molecule has 70 valence electrons. The van der Waals surface area contributed by atoms with Crippen LogP contribution in [0.5, 0.6) is 0 Å². The molecule has 2 heterocycles. The minimum Gasteiger partial charge on any atom is -0.388 e. The second-order valence-corrected chi connectivity index (χ2v) is 3.96. The third kappa shape index (κ3) is 1.45. The van der Waals surface area contributed by atoms with E-state index in [1.807, 2.05) is 13.1 Å². The Balaban J connectivity index is 2.48. The third-order valence-electron chi connectivity index (χ3n) is 1.83. The molecule has 0 saturated heterocycles. The number of aliphatic hydroxyl groups excluding tert-OH is 1. The maximum Gasteiger partial charge on any atom is 0.212 e. The zero-order chi connectivity index (χ0) is 9.42. The number of aliphatic hydroxyl groups is 1. The Hall–Kier alpha value is -0.940. The number of thiazole rings is 1. The molecular formula is C8H11N3OS. The van der Waals surface area contributed by atoms with E-state index in [0.29, 0.717) is 0 Å². The summed E-state index contributed by atoms with van der Waals surface area (Å²) in [4.78, 5) is 6.05. The zero-order valence-electron chi connectivity index (χ0n) is 7.56. The number of aromatic nitrogens is 3. The average Bonchev–Trinajstić information content (AvgIpc) is 2.58. The van der Waals surface area contributed by atoms with Crippen LogP contribution in [-0.2, 0) is 6.42 Å². The maximum absolute atomic E-state index is 9.31. The van der Waals surface area contributed by atoms with Crippen LogP contribution in [0.15, 0.2) is 6.20 Å². The number of aryl methyl sites for hydroxylation is 1. The van der Waals surface area contributed by atoms with Gasteiger partial charge in [0.2, 0.25) is 4.96 Å². The average molecular weight is 197 g/mol. The summed E-state index contributed by atoms with van der Waals surface area (Å²) < 4.78 is 1.73. The van der Waals surface area contributed by atoms with Crippen molar-refractivity contribution in [2.75, 3.05) is 0 Å². The monoisotopic (exact) mass is 197 g/mol. The van der Waals surface area contributed by atoms with Crippen LogP contribution in [-0.4, -0.2) is 19.7 Å². The molecule has 0 spiro atoms. The topological polar surface area (TPSA) is 50.4 Å². The van der Waals surface area contributed by atoms with Crippen molar-refractivity contribution in [1.82, 2.24) is 14.6 Å². The van der Waals surface area contributed by atoms with Gasteiger partial charge in [0.15, 0.2) is 5.82 Å². The molecule has 0 bridgehead atoms. The van der Waals surface area contributed by atoms with E-state index in [9.17, 15) is 5.11 Å². The van der Waals surface area contributed by atoms with Gasteiger partial charge in [0.05, 0.1) is 11.0 Å². The Morgan fingerprint density at radius 1 is 1.69 bits per heavy atom. The summed E-state index contributed by atoms with van der Waals surface area (Å²) in [5.74, 6) is 0.850. The van der Waals surface area contributed by atoms with Gasteiger partial charge in [0.1, 0.15) is 0 Å². The Morgan fingerprint density at radius 2 is 2.46 bits per heavy atom. The highest BCUT2D eigenvalue weighted by Gasteiger charge is 2.09. The minimum absolute atomic E-state index is 0.432. The first-order valence-electron chi connectivity index (χ1n) is 4.23. The number of fused-ring (bicyclic) bond motifs is 1. The van der Waals surface area contributed by atoms with Gasteiger partial charge >= 0.3 is 0 Å². The van der Waals surface area contributed by atoms with Gasteiger partial charge < -0.3 is 5.11 Å². The van der Waals surface area contributed by atoms with Crippen molar-refractivity contribution in [3.8, 4) is 0 Å². The van der Waals surface area contributed by atoms with Crippen molar-refractivity contribution in [3.63, 3.8) is 0 Å². The van der Waals surface area contributed by atoms with Crippen molar-refractivity contribution in [2.24, 2.45) is 0 Å². The fourth-order valence-electron chi connectivity index (χ4n) is 1.10. The van der Waals surface area contributed by atoms with E-state index in [1.165, 1.54) is 11.3 Å². The normalized spacial score (nSPS) is 13.8. The van der Waals surface area contributed by atoms with Crippen LogP contribution in [0.3, 0.4) is 0 Å². The number of rotatable bonds is 2. The summed E-state index contributed by atoms with van der Waals surface area (Å²) in [5, 5.41) is 13.6. The van der Waals surface area contributed by atoms with E-state index in [0.717, 1.165) is 22.1 Å². The quantitative estimate of drug-likeness (QED) is 0.791. The van der Waals surface area contributed by atoms with Crippen LogP contribution >= 0.6 is 11.3 Å². The SMILES string of the molecule is CCc1nc2sc(C(C)O)cn2n1. The van der Waals surface area contributed by atoms with E-state index in [4.69, 9.17) is 0 Å². The van der Waals surface area contributed by atoms with Crippen LogP contribution in [0.1, 0.15) is 30.7 Å². The first kappa shape index (κ1) is 8.65. The molecule has 0 aliphatic rings. The Morgan fingerprint density at radius 3 is 3.00 bits per heavy atom. The molecule has 0 aliphatic heterocycles. The summed E-state index contributed by atoms with van der Waals surface area (Å²) in [6.45, 7) is 3.76. The van der Waals surface area contributed by atoms with Gasteiger partial charge in [-0.05, 0) is 6.92 Å². The molecule has 0 aromatic carbocycles.